The van der Waals surface area contributed by atoms with Gasteiger partial charge in [0, 0.05) is 11.8 Å². The van der Waals surface area contributed by atoms with Gasteiger partial charge in [-0.2, -0.15) is 13.2 Å². The van der Waals surface area contributed by atoms with Gasteiger partial charge in [0.05, 0.1) is 28.6 Å². The van der Waals surface area contributed by atoms with Crippen LogP contribution in [0.4, 0.5) is 43.7 Å². The van der Waals surface area contributed by atoms with E-state index in [2.05, 4.69) is 25.7 Å². The maximum absolute atomic E-state index is 13.8. The van der Waals surface area contributed by atoms with Crippen LogP contribution in [0, 0.1) is 5.82 Å². The molecule has 0 atom stereocenters. The van der Waals surface area contributed by atoms with Gasteiger partial charge in [0.25, 0.3) is 0 Å². The van der Waals surface area contributed by atoms with E-state index in [0.717, 1.165) is 4.70 Å². The van der Waals surface area contributed by atoms with E-state index in [9.17, 15) is 27.2 Å². The number of benzene rings is 3. The molecular weight excluding hydrogens is 504 g/mol. The van der Waals surface area contributed by atoms with Crippen LogP contribution in [0.3, 0.4) is 0 Å². The molecule has 0 spiro atoms. The lowest BCUT2D eigenvalue weighted by Gasteiger charge is -2.12. The molecule has 0 saturated heterocycles. The van der Waals surface area contributed by atoms with Crippen LogP contribution in [0.1, 0.15) is 5.56 Å². The van der Waals surface area contributed by atoms with Gasteiger partial charge in [-0.05, 0) is 54.6 Å². The molecule has 13 heteroatoms. The van der Waals surface area contributed by atoms with Crippen molar-refractivity contribution in [1.82, 2.24) is 4.98 Å². The van der Waals surface area contributed by atoms with Crippen molar-refractivity contribution < 1.29 is 36.6 Å². The minimum atomic E-state index is -4.68. The molecule has 0 radical (unpaired) electrons. The highest BCUT2D eigenvalue weighted by molar-refractivity contribution is 7.22. The highest BCUT2D eigenvalue weighted by atomic mass is 32.1. The summed E-state index contributed by atoms with van der Waals surface area (Å²) in [5.41, 5.74) is -0.746. The molecular formula is C23H16F4N4O4S. The summed E-state index contributed by atoms with van der Waals surface area (Å²) in [6.07, 6.45) is -5.31. The summed E-state index contributed by atoms with van der Waals surface area (Å²) in [6.45, 7) is 0. The summed E-state index contributed by atoms with van der Waals surface area (Å²) in [7, 11) is 1.25. The molecule has 36 heavy (non-hydrogen) atoms. The molecule has 4 rings (SSSR count). The third-order valence-corrected chi connectivity index (χ3v) is 5.58. The van der Waals surface area contributed by atoms with Gasteiger partial charge in [-0.3, -0.25) is 5.32 Å². The number of hydrogen-bond acceptors (Lipinski definition) is 6. The van der Waals surface area contributed by atoms with Gasteiger partial charge in [0.1, 0.15) is 17.3 Å². The average Bonchev–Trinajstić information content (AvgIpc) is 3.22. The van der Waals surface area contributed by atoms with Crippen LogP contribution in [0.2, 0.25) is 0 Å². The summed E-state index contributed by atoms with van der Waals surface area (Å²) in [5, 5.41) is 7.34. The number of alkyl halides is 3. The number of anilines is 3. The van der Waals surface area contributed by atoms with E-state index in [0.29, 0.717) is 46.0 Å². The molecule has 0 unspecified atom stereocenters. The molecule has 186 valence electrons. The number of halogens is 4. The first-order chi connectivity index (χ1) is 17.1. The number of urea groups is 1. The summed E-state index contributed by atoms with van der Waals surface area (Å²) in [5.74, 6) is -0.0797. The summed E-state index contributed by atoms with van der Waals surface area (Å²) in [4.78, 5) is 27.7. The van der Waals surface area contributed by atoms with Crippen molar-refractivity contribution >= 4 is 50.2 Å². The molecule has 0 aliphatic rings. The Bertz CT molecular complexity index is 1420. The molecule has 3 amide bonds. The molecule has 0 aliphatic heterocycles. The molecule has 0 bridgehead atoms. The normalized spacial score (nSPS) is 11.1. The van der Waals surface area contributed by atoms with Crippen LogP contribution in [-0.2, 0) is 10.9 Å². The predicted molar refractivity (Wildman–Crippen MR) is 126 cm³/mol. The third-order valence-electron chi connectivity index (χ3n) is 4.64. The van der Waals surface area contributed by atoms with Gasteiger partial charge in [-0.1, -0.05) is 11.3 Å². The van der Waals surface area contributed by atoms with Gasteiger partial charge in [0.15, 0.2) is 5.13 Å². The number of ether oxygens (including phenoxy) is 2. The highest BCUT2D eigenvalue weighted by Crippen LogP contribution is 2.33. The van der Waals surface area contributed by atoms with Crippen LogP contribution in [0.25, 0.3) is 10.2 Å². The molecule has 1 heterocycles. The van der Waals surface area contributed by atoms with Crippen LogP contribution in [0.15, 0.2) is 60.7 Å². The number of fused-ring (bicyclic) bond motifs is 1. The standard InChI is InChI=1S/C23H16F4N4O4S/c1-34-22(33)31-21-30-17-9-7-15(11-19(17)36-21)35-14-5-3-13(4-6-14)28-20(32)29-18-10-12(23(25,26)27)2-8-16(18)24/h2-11H,1H3,(H2,28,29,32)(H,30,31,33). The van der Waals surface area contributed by atoms with Crippen LogP contribution in [0.5, 0.6) is 11.5 Å². The van der Waals surface area contributed by atoms with Crippen molar-refractivity contribution in [3.63, 3.8) is 0 Å². The second-order valence-electron chi connectivity index (χ2n) is 7.16. The Morgan fingerprint density at radius 2 is 1.64 bits per heavy atom. The molecule has 0 saturated carbocycles. The fraction of sp³-hybridized carbons (Fsp3) is 0.0870. The second kappa shape index (κ2) is 10.1. The van der Waals surface area contributed by atoms with Crippen molar-refractivity contribution in [2.75, 3.05) is 23.1 Å². The zero-order chi connectivity index (χ0) is 25.9. The molecule has 0 aliphatic carbocycles. The van der Waals surface area contributed by atoms with Crippen molar-refractivity contribution in [2.24, 2.45) is 0 Å². The number of aromatic nitrogens is 1. The zero-order valence-corrected chi connectivity index (χ0v) is 19.1. The molecule has 1 aromatic heterocycles. The molecule has 3 N–H and O–H groups in total. The molecule has 3 aromatic carbocycles. The number of hydrogen-bond donors (Lipinski definition) is 3. The largest absolute Gasteiger partial charge is 0.457 e. The van der Waals surface area contributed by atoms with E-state index >= 15 is 0 Å². The molecule has 0 fully saturated rings. The van der Waals surface area contributed by atoms with Gasteiger partial charge in [0.2, 0.25) is 0 Å². The van der Waals surface area contributed by atoms with Crippen LogP contribution in [-0.4, -0.2) is 24.2 Å². The van der Waals surface area contributed by atoms with Crippen molar-refractivity contribution in [1.29, 1.82) is 0 Å². The Morgan fingerprint density at radius 1 is 0.917 bits per heavy atom. The summed E-state index contributed by atoms with van der Waals surface area (Å²) >= 11 is 1.23. The SMILES string of the molecule is COC(=O)Nc1nc2ccc(Oc3ccc(NC(=O)Nc4cc(C(F)(F)F)ccc4F)cc3)cc2s1. The number of carbonyl (C=O) groups is 2. The lowest BCUT2D eigenvalue weighted by atomic mass is 10.2. The van der Waals surface area contributed by atoms with E-state index in [4.69, 9.17) is 4.74 Å². The monoisotopic (exact) mass is 520 g/mol. The van der Waals surface area contributed by atoms with Gasteiger partial charge >= 0.3 is 18.3 Å². The van der Waals surface area contributed by atoms with Crippen LogP contribution >= 0.6 is 11.3 Å². The fourth-order valence-corrected chi connectivity index (χ4v) is 3.86. The lowest BCUT2D eigenvalue weighted by molar-refractivity contribution is -0.137. The van der Waals surface area contributed by atoms with Crippen molar-refractivity contribution in [3.8, 4) is 11.5 Å². The number of methoxy groups -OCH3 is 1. The van der Waals surface area contributed by atoms with E-state index in [1.54, 1.807) is 30.3 Å². The first-order valence-electron chi connectivity index (χ1n) is 10.1. The number of thiazole rings is 1. The molecule has 4 aromatic rings. The quantitative estimate of drug-likeness (QED) is 0.244. The number of amides is 3. The number of nitrogens with one attached hydrogen (secondary N) is 3. The summed E-state index contributed by atoms with van der Waals surface area (Å²) in [6, 6.07) is 12.1. The number of nitrogens with zero attached hydrogens (tertiary/aromatic N) is 1. The average molecular weight is 520 g/mol. The Kier molecular flexibility index (Phi) is 6.92. The topological polar surface area (TPSA) is 102 Å². The summed E-state index contributed by atoms with van der Waals surface area (Å²) < 4.78 is 63.4. The number of rotatable bonds is 5. The van der Waals surface area contributed by atoms with E-state index in [1.807, 2.05) is 0 Å². The first-order valence-corrected chi connectivity index (χ1v) is 10.9. The van der Waals surface area contributed by atoms with E-state index < -0.39 is 35.4 Å². The maximum atomic E-state index is 13.8. The minimum absolute atomic E-state index is 0.295. The lowest BCUT2D eigenvalue weighted by Crippen LogP contribution is -2.20. The Morgan fingerprint density at radius 3 is 2.33 bits per heavy atom. The number of carbonyl (C=O) groups excluding carboxylic acids is 2. The Labute approximate surface area is 204 Å². The van der Waals surface area contributed by atoms with Gasteiger partial charge in [-0.25, -0.2) is 19.0 Å². The third kappa shape index (κ3) is 5.99. The Balaban J connectivity index is 1.39. The second-order valence-corrected chi connectivity index (χ2v) is 8.19. The minimum Gasteiger partial charge on any atom is -0.457 e. The van der Waals surface area contributed by atoms with Crippen molar-refractivity contribution in [2.45, 2.75) is 6.18 Å². The fourth-order valence-electron chi connectivity index (χ4n) is 2.98. The van der Waals surface area contributed by atoms with E-state index in [1.165, 1.54) is 30.6 Å². The smallest absolute Gasteiger partial charge is 0.416 e. The van der Waals surface area contributed by atoms with Crippen molar-refractivity contribution in [3.05, 3.63) is 72.0 Å². The van der Waals surface area contributed by atoms with E-state index in [-0.39, 0.29) is 0 Å². The van der Waals surface area contributed by atoms with Gasteiger partial charge in [-0.15, -0.1) is 0 Å². The maximum Gasteiger partial charge on any atom is 0.416 e. The van der Waals surface area contributed by atoms with Gasteiger partial charge < -0.3 is 20.1 Å². The Hall–Kier alpha value is -4.39. The van der Waals surface area contributed by atoms with Crippen LogP contribution < -0.4 is 20.7 Å². The zero-order valence-electron chi connectivity index (χ0n) is 18.3. The predicted octanol–water partition coefficient (Wildman–Crippen LogP) is 7.07. The molecule has 8 nitrogen and oxygen atoms in total. The highest BCUT2D eigenvalue weighted by Gasteiger charge is 2.31. The first kappa shape index (κ1) is 24.7.